The number of aryl methyl sites for hydroxylation is 1. The van der Waals surface area contributed by atoms with Crippen molar-refractivity contribution in [2.45, 2.75) is 82.9 Å². The highest BCUT2D eigenvalue weighted by atomic mass is 32.2. The van der Waals surface area contributed by atoms with Gasteiger partial charge in [0.05, 0.1) is 11.5 Å². The monoisotopic (exact) mass is 797 g/mol. The molecule has 300 valence electrons. The molecule has 1 aromatic heterocycles. The Morgan fingerprint density at radius 1 is 0.982 bits per heavy atom. The van der Waals surface area contributed by atoms with Crippen molar-refractivity contribution >= 4 is 56.9 Å². The maximum Gasteiger partial charge on any atom is 0.315 e. The SMILES string of the molecule is Cc1cnc(Nc2ccc(OCCCNC(=O)NCc3ccc4c(c3)CN(C3CCCC(=O)NC3=O)C4=O)cc2)nc1Nc1cccc(S(=O)(=O)NC(C)(C)C)c1. The van der Waals surface area contributed by atoms with E-state index in [0.29, 0.717) is 61.2 Å². The summed E-state index contributed by atoms with van der Waals surface area (Å²) in [5.41, 5.74) is 3.55. The van der Waals surface area contributed by atoms with Gasteiger partial charge in [0, 0.05) is 60.3 Å². The minimum atomic E-state index is -3.71. The molecular weight excluding hydrogens is 751 g/mol. The molecule has 3 aromatic carbocycles. The fourth-order valence-corrected chi connectivity index (χ4v) is 7.83. The van der Waals surface area contributed by atoms with E-state index < -0.39 is 27.5 Å². The van der Waals surface area contributed by atoms with Gasteiger partial charge in [0.2, 0.25) is 27.8 Å². The van der Waals surface area contributed by atoms with Crippen molar-refractivity contribution in [2.75, 3.05) is 23.8 Å². The number of urea groups is 1. The van der Waals surface area contributed by atoms with Crippen molar-refractivity contribution in [3.8, 4) is 5.75 Å². The van der Waals surface area contributed by atoms with E-state index in [-0.39, 0.29) is 42.3 Å². The van der Waals surface area contributed by atoms with Crippen LogP contribution in [0.1, 0.15) is 73.5 Å². The van der Waals surface area contributed by atoms with Gasteiger partial charge in [-0.2, -0.15) is 4.98 Å². The fraction of sp³-hybridized carbons (Fsp3) is 0.350. The molecule has 6 N–H and O–H groups in total. The summed E-state index contributed by atoms with van der Waals surface area (Å²) in [6, 6.07) is 18.1. The Labute approximate surface area is 331 Å². The molecule has 16 nitrogen and oxygen atoms in total. The third-order valence-corrected chi connectivity index (χ3v) is 10.8. The molecule has 0 bridgehead atoms. The summed E-state index contributed by atoms with van der Waals surface area (Å²) in [5.74, 6) is 0.509. The van der Waals surface area contributed by atoms with Crippen molar-refractivity contribution in [3.05, 3.63) is 95.2 Å². The predicted octanol–water partition coefficient (Wildman–Crippen LogP) is 4.77. The van der Waals surface area contributed by atoms with Gasteiger partial charge < -0.3 is 30.9 Å². The van der Waals surface area contributed by atoms with Gasteiger partial charge in [0.15, 0.2) is 0 Å². The number of nitrogens with one attached hydrogen (secondary N) is 6. The molecule has 1 saturated heterocycles. The first-order valence-electron chi connectivity index (χ1n) is 18.7. The van der Waals surface area contributed by atoms with Gasteiger partial charge in [0.25, 0.3) is 5.91 Å². The van der Waals surface area contributed by atoms with E-state index in [1.54, 1.807) is 57.3 Å². The lowest BCUT2D eigenvalue weighted by Gasteiger charge is -2.24. The zero-order valence-corrected chi connectivity index (χ0v) is 33.1. The number of imide groups is 1. The second kappa shape index (κ2) is 17.4. The van der Waals surface area contributed by atoms with Crippen LogP contribution in [0.5, 0.6) is 5.75 Å². The zero-order chi connectivity index (χ0) is 40.7. The van der Waals surface area contributed by atoms with Crippen LogP contribution in [0.2, 0.25) is 0 Å². The van der Waals surface area contributed by atoms with E-state index >= 15 is 0 Å². The van der Waals surface area contributed by atoms with Crippen LogP contribution in [-0.4, -0.2) is 71.8 Å². The Bertz CT molecular complexity index is 2260. The van der Waals surface area contributed by atoms with Crippen molar-refractivity contribution < 1.29 is 32.3 Å². The summed E-state index contributed by atoms with van der Waals surface area (Å²) in [4.78, 5) is 60.3. The van der Waals surface area contributed by atoms with Crippen LogP contribution in [0.25, 0.3) is 0 Å². The van der Waals surface area contributed by atoms with Gasteiger partial charge in [-0.25, -0.2) is 22.9 Å². The third-order valence-electron chi connectivity index (χ3n) is 9.08. The summed E-state index contributed by atoms with van der Waals surface area (Å²) in [6.45, 7) is 8.49. The first-order valence-corrected chi connectivity index (χ1v) is 20.1. The van der Waals surface area contributed by atoms with Crippen molar-refractivity contribution in [3.63, 3.8) is 0 Å². The summed E-state index contributed by atoms with van der Waals surface area (Å²) in [7, 11) is -3.71. The highest BCUT2D eigenvalue weighted by molar-refractivity contribution is 7.89. The molecule has 0 saturated carbocycles. The van der Waals surface area contributed by atoms with Crippen LogP contribution in [-0.2, 0) is 32.7 Å². The molecule has 0 spiro atoms. The van der Waals surface area contributed by atoms with E-state index in [9.17, 15) is 27.6 Å². The van der Waals surface area contributed by atoms with Gasteiger partial charge in [-0.15, -0.1) is 0 Å². The Morgan fingerprint density at radius 2 is 1.77 bits per heavy atom. The van der Waals surface area contributed by atoms with Crippen molar-refractivity contribution in [2.24, 2.45) is 0 Å². The van der Waals surface area contributed by atoms with Crippen LogP contribution in [0.4, 0.5) is 27.9 Å². The summed E-state index contributed by atoms with van der Waals surface area (Å²) >= 11 is 0. The maximum absolute atomic E-state index is 13.0. The van der Waals surface area contributed by atoms with Crippen LogP contribution >= 0.6 is 0 Å². The topological polar surface area (TPSA) is 213 Å². The van der Waals surface area contributed by atoms with E-state index in [4.69, 9.17) is 4.74 Å². The first-order chi connectivity index (χ1) is 27.1. The van der Waals surface area contributed by atoms with Crippen LogP contribution in [0, 0.1) is 6.92 Å². The Morgan fingerprint density at radius 3 is 2.54 bits per heavy atom. The second-order valence-electron chi connectivity index (χ2n) is 14.9. The second-order valence-corrected chi connectivity index (χ2v) is 16.6. The number of fused-ring (bicyclic) bond motifs is 1. The van der Waals surface area contributed by atoms with Gasteiger partial charge >= 0.3 is 6.03 Å². The maximum atomic E-state index is 13.0. The number of carbonyl (C=O) groups is 4. The first kappa shape index (κ1) is 40.6. The Kier molecular flexibility index (Phi) is 12.4. The van der Waals surface area contributed by atoms with Gasteiger partial charge in [-0.05, 0) is 107 Å². The highest BCUT2D eigenvalue weighted by Crippen LogP contribution is 2.29. The van der Waals surface area contributed by atoms with Crippen molar-refractivity contribution in [1.29, 1.82) is 0 Å². The minimum absolute atomic E-state index is 0.138. The summed E-state index contributed by atoms with van der Waals surface area (Å²) in [5, 5.41) is 14.4. The third kappa shape index (κ3) is 10.8. The number of carbonyl (C=O) groups excluding carboxylic acids is 4. The normalized spacial score (nSPS) is 15.7. The lowest BCUT2D eigenvalue weighted by atomic mass is 10.1. The lowest BCUT2D eigenvalue weighted by Crippen LogP contribution is -2.46. The average Bonchev–Trinajstić information content (AvgIpc) is 3.37. The van der Waals surface area contributed by atoms with Gasteiger partial charge in [-0.1, -0.05) is 18.2 Å². The van der Waals surface area contributed by atoms with Crippen molar-refractivity contribution in [1.82, 2.24) is 35.5 Å². The standard InChI is InChI=1S/C40H47N9O7S/c1-25-22-42-38(47-35(25)44-29-8-5-9-31(21-29)57(54,55)48-40(2,3)4)45-28-13-15-30(16-14-28)56-19-7-18-41-39(53)43-23-26-12-17-32-27(20-26)24-49(37(32)52)33-10-6-11-34(50)46-36(33)51/h5,8-9,12-17,20-22,33,48H,6-7,10-11,18-19,23-24H2,1-4H3,(H2,41,43,53)(H,46,50,51)(H2,42,44,45,47). The van der Waals surface area contributed by atoms with Gasteiger partial charge in [0.1, 0.15) is 17.6 Å². The molecule has 17 heteroatoms. The molecule has 57 heavy (non-hydrogen) atoms. The molecule has 3 heterocycles. The predicted molar refractivity (Wildman–Crippen MR) is 214 cm³/mol. The number of benzene rings is 3. The number of anilines is 4. The van der Waals surface area contributed by atoms with Crippen LogP contribution in [0.3, 0.4) is 0 Å². The number of hydrogen-bond acceptors (Lipinski definition) is 11. The fourth-order valence-electron chi connectivity index (χ4n) is 6.37. The number of sulfonamides is 1. The van der Waals surface area contributed by atoms with Crippen LogP contribution in [0.15, 0.2) is 77.8 Å². The largest absolute Gasteiger partial charge is 0.494 e. The summed E-state index contributed by atoms with van der Waals surface area (Å²) < 4.78 is 34.2. The minimum Gasteiger partial charge on any atom is -0.494 e. The number of rotatable bonds is 14. The molecule has 1 fully saturated rings. The smallest absolute Gasteiger partial charge is 0.315 e. The number of hydrogen-bond donors (Lipinski definition) is 6. The molecule has 2 aliphatic rings. The highest BCUT2D eigenvalue weighted by Gasteiger charge is 2.38. The Hall–Kier alpha value is -6.07. The van der Waals surface area contributed by atoms with E-state index in [1.165, 1.54) is 11.0 Å². The van der Waals surface area contributed by atoms with E-state index in [0.717, 1.165) is 22.4 Å². The number of ether oxygens (including phenoxy) is 1. The lowest BCUT2D eigenvalue weighted by molar-refractivity contribution is -0.132. The quantitative estimate of drug-likeness (QED) is 0.0756. The number of nitrogens with zero attached hydrogens (tertiary/aromatic N) is 3. The molecule has 0 aliphatic carbocycles. The van der Waals surface area contributed by atoms with E-state index in [2.05, 4.69) is 41.3 Å². The van der Waals surface area contributed by atoms with Gasteiger partial charge in [-0.3, -0.25) is 19.7 Å². The summed E-state index contributed by atoms with van der Waals surface area (Å²) in [6.07, 6.45) is 3.46. The number of aromatic nitrogens is 2. The number of amides is 5. The Balaban J connectivity index is 0.914. The molecule has 6 rings (SSSR count). The molecule has 2 aliphatic heterocycles. The van der Waals surface area contributed by atoms with Crippen LogP contribution < -0.4 is 36.0 Å². The molecule has 1 unspecified atom stereocenters. The van der Waals surface area contributed by atoms with E-state index in [1.807, 2.05) is 37.3 Å². The molecule has 4 aromatic rings. The average molecular weight is 798 g/mol. The molecule has 0 radical (unpaired) electrons. The molecular formula is C40H47N9O7S. The molecule has 5 amide bonds. The molecule has 1 atom stereocenters. The zero-order valence-electron chi connectivity index (χ0n) is 32.3.